The maximum absolute atomic E-state index is 4.34. The molecule has 0 aliphatic heterocycles. The van der Waals surface area contributed by atoms with Crippen molar-refractivity contribution in [2.24, 2.45) is 7.05 Å². The van der Waals surface area contributed by atoms with Crippen molar-refractivity contribution in [2.45, 2.75) is 20.0 Å². The Balaban J connectivity index is 1.51. The van der Waals surface area contributed by atoms with Crippen molar-refractivity contribution in [1.82, 2.24) is 29.3 Å². The van der Waals surface area contributed by atoms with E-state index >= 15 is 0 Å². The number of aromatic nitrogens is 6. The Morgan fingerprint density at radius 1 is 1.12 bits per heavy atom. The van der Waals surface area contributed by atoms with Crippen LogP contribution in [0.1, 0.15) is 17.0 Å². The molecule has 0 bridgehead atoms. The summed E-state index contributed by atoms with van der Waals surface area (Å²) in [6, 6.07) is 8.53. The highest BCUT2D eigenvalue weighted by molar-refractivity contribution is 5.85. The lowest BCUT2D eigenvalue weighted by atomic mass is 10.1. The topological polar surface area (TPSA) is 73.5 Å². The number of imidazole rings is 1. The van der Waals surface area contributed by atoms with E-state index in [2.05, 4.69) is 54.2 Å². The standard InChI is InChI=1S/C18H19N7/c1-13-19-6-7-25(13)11-15-5-3-4-14(8-15)9-20-17-16-10-23-24(2)18(16)22-12-21-17/h3-8,10,12H,9,11H2,1-2H3,(H,20,21,22). The van der Waals surface area contributed by atoms with Crippen molar-refractivity contribution in [2.75, 3.05) is 5.32 Å². The molecule has 0 aliphatic rings. The Hall–Kier alpha value is -3.22. The highest BCUT2D eigenvalue weighted by Crippen LogP contribution is 2.19. The van der Waals surface area contributed by atoms with Crippen molar-refractivity contribution in [3.05, 3.63) is 66.1 Å². The second-order valence-corrected chi connectivity index (χ2v) is 6.00. The van der Waals surface area contributed by atoms with Crippen LogP contribution < -0.4 is 5.32 Å². The predicted octanol–water partition coefficient (Wildman–Crippen LogP) is 2.53. The van der Waals surface area contributed by atoms with Gasteiger partial charge in [0.2, 0.25) is 0 Å². The highest BCUT2D eigenvalue weighted by atomic mass is 15.3. The van der Waals surface area contributed by atoms with Crippen LogP contribution >= 0.6 is 0 Å². The van der Waals surface area contributed by atoms with E-state index < -0.39 is 0 Å². The zero-order valence-corrected chi connectivity index (χ0v) is 14.2. The van der Waals surface area contributed by atoms with Gasteiger partial charge in [-0.1, -0.05) is 24.3 Å². The fraction of sp³-hybridized carbons (Fsp3) is 0.222. The quantitative estimate of drug-likeness (QED) is 0.607. The van der Waals surface area contributed by atoms with E-state index in [0.29, 0.717) is 6.54 Å². The van der Waals surface area contributed by atoms with Crippen molar-refractivity contribution < 1.29 is 0 Å². The molecule has 0 spiro atoms. The Kier molecular flexibility index (Phi) is 3.89. The minimum atomic E-state index is 0.692. The van der Waals surface area contributed by atoms with Gasteiger partial charge in [0.1, 0.15) is 18.0 Å². The fourth-order valence-electron chi connectivity index (χ4n) is 2.89. The molecule has 3 heterocycles. The van der Waals surface area contributed by atoms with E-state index in [1.54, 1.807) is 17.2 Å². The van der Waals surface area contributed by atoms with Crippen LogP contribution in [0.2, 0.25) is 0 Å². The van der Waals surface area contributed by atoms with E-state index in [0.717, 1.165) is 29.2 Å². The van der Waals surface area contributed by atoms with Crippen LogP contribution in [-0.2, 0) is 20.1 Å². The first-order chi connectivity index (χ1) is 12.2. The van der Waals surface area contributed by atoms with E-state index in [1.807, 2.05) is 26.4 Å². The number of aryl methyl sites for hydroxylation is 2. The van der Waals surface area contributed by atoms with Crippen LogP contribution in [0.25, 0.3) is 11.0 Å². The molecular weight excluding hydrogens is 314 g/mol. The highest BCUT2D eigenvalue weighted by Gasteiger charge is 2.07. The minimum absolute atomic E-state index is 0.692. The first-order valence-electron chi connectivity index (χ1n) is 8.13. The SMILES string of the molecule is Cc1nccn1Cc1cccc(CNc2ncnc3c2cnn3C)c1. The molecule has 0 atom stereocenters. The molecule has 126 valence electrons. The molecule has 7 nitrogen and oxygen atoms in total. The third-order valence-electron chi connectivity index (χ3n) is 4.26. The van der Waals surface area contributed by atoms with Gasteiger partial charge in [0.25, 0.3) is 0 Å². The van der Waals surface area contributed by atoms with Crippen molar-refractivity contribution in [3.8, 4) is 0 Å². The lowest BCUT2D eigenvalue weighted by Crippen LogP contribution is -2.05. The minimum Gasteiger partial charge on any atom is -0.365 e. The number of anilines is 1. The van der Waals surface area contributed by atoms with Gasteiger partial charge in [-0.3, -0.25) is 4.68 Å². The van der Waals surface area contributed by atoms with Crippen LogP contribution in [0, 0.1) is 6.92 Å². The number of benzene rings is 1. The van der Waals surface area contributed by atoms with Gasteiger partial charge in [0.05, 0.1) is 11.6 Å². The monoisotopic (exact) mass is 333 g/mol. The fourth-order valence-corrected chi connectivity index (χ4v) is 2.89. The Morgan fingerprint density at radius 2 is 2.00 bits per heavy atom. The maximum Gasteiger partial charge on any atom is 0.163 e. The summed E-state index contributed by atoms with van der Waals surface area (Å²) in [4.78, 5) is 12.9. The van der Waals surface area contributed by atoms with E-state index in [-0.39, 0.29) is 0 Å². The first-order valence-corrected chi connectivity index (χ1v) is 8.13. The lowest BCUT2D eigenvalue weighted by molar-refractivity contribution is 0.760. The summed E-state index contributed by atoms with van der Waals surface area (Å²) < 4.78 is 3.88. The number of hydrogen-bond donors (Lipinski definition) is 1. The summed E-state index contributed by atoms with van der Waals surface area (Å²) in [5, 5.41) is 8.56. The molecule has 1 aromatic carbocycles. The lowest BCUT2D eigenvalue weighted by Gasteiger charge is -2.09. The average Bonchev–Trinajstić information content (AvgIpc) is 3.20. The molecule has 0 saturated heterocycles. The number of fused-ring (bicyclic) bond motifs is 1. The molecule has 0 amide bonds. The normalized spacial score (nSPS) is 11.1. The molecule has 4 aromatic rings. The van der Waals surface area contributed by atoms with E-state index in [1.165, 1.54) is 11.1 Å². The third-order valence-corrected chi connectivity index (χ3v) is 4.26. The number of rotatable bonds is 5. The number of nitrogens with zero attached hydrogens (tertiary/aromatic N) is 6. The average molecular weight is 333 g/mol. The van der Waals surface area contributed by atoms with Gasteiger partial charge < -0.3 is 9.88 Å². The molecule has 0 saturated carbocycles. The molecular formula is C18H19N7. The molecule has 0 fully saturated rings. The van der Waals surface area contributed by atoms with E-state index in [9.17, 15) is 0 Å². The summed E-state index contributed by atoms with van der Waals surface area (Å²) in [5.74, 6) is 1.82. The van der Waals surface area contributed by atoms with Gasteiger partial charge in [-0.2, -0.15) is 5.10 Å². The summed E-state index contributed by atoms with van der Waals surface area (Å²) in [5.41, 5.74) is 3.27. The van der Waals surface area contributed by atoms with Crippen LogP contribution in [0.5, 0.6) is 0 Å². The smallest absolute Gasteiger partial charge is 0.163 e. The molecule has 3 aromatic heterocycles. The molecule has 0 unspecified atom stereocenters. The van der Waals surface area contributed by atoms with Crippen LogP contribution in [0.3, 0.4) is 0 Å². The Bertz CT molecular complexity index is 1020. The van der Waals surface area contributed by atoms with E-state index in [4.69, 9.17) is 0 Å². The van der Waals surface area contributed by atoms with Gasteiger partial charge in [-0.05, 0) is 18.1 Å². The van der Waals surface area contributed by atoms with Gasteiger partial charge in [-0.15, -0.1) is 0 Å². The first kappa shape index (κ1) is 15.3. The van der Waals surface area contributed by atoms with Crippen molar-refractivity contribution in [1.29, 1.82) is 0 Å². The second kappa shape index (κ2) is 6.35. The zero-order valence-electron chi connectivity index (χ0n) is 14.2. The zero-order chi connectivity index (χ0) is 17.2. The summed E-state index contributed by atoms with van der Waals surface area (Å²) >= 11 is 0. The molecule has 4 rings (SSSR count). The Labute approximate surface area is 145 Å². The summed E-state index contributed by atoms with van der Waals surface area (Å²) in [6.07, 6.45) is 7.18. The predicted molar refractivity (Wildman–Crippen MR) is 96.1 cm³/mol. The molecule has 1 N–H and O–H groups in total. The number of hydrogen-bond acceptors (Lipinski definition) is 5. The van der Waals surface area contributed by atoms with Crippen LogP contribution in [0.15, 0.2) is 49.2 Å². The van der Waals surface area contributed by atoms with Gasteiger partial charge in [0.15, 0.2) is 5.65 Å². The van der Waals surface area contributed by atoms with Gasteiger partial charge in [-0.25, -0.2) is 15.0 Å². The maximum atomic E-state index is 4.34. The van der Waals surface area contributed by atoms with Crippen molar-refractivity contribution >= 4 is 16.9 Å². The van der Waals surface area contributed by atoms with Gasteiger partial charge >= 0.3 is 0 Å². The van der Waals surface area contributed by atoms with Crippen molar-refractivity contribution in [3.63, 3.8) is 0 Å². The summed E-state index contributed by atoms with van der Waals surface area (Å²) in [7, 11) is 1.88. The largest absolute Gasteiger partial charge is 0.365 e. The molecule has 7 heteroatoms. The number of nitrogens with one attached hydrogen (secondary N) is 1. The molecule has 25 heavy (non-hydrogen) atoms. The van der Waals surface area contributed by atoms with Crippen LogP contribution in [0.4, 0.5) is 5.82 Å². The Morgan fingerprint density at radius 3 is 2.84 bits per heavy atom. The second-order valence-electron chi connectivity index (χ2n) is 6.00. The third kappa shape index (κ3) is 3.08. The molecule has 0 radical (unpaired) electrons. The van der Waals surface area contributed by atoms with Crippen LogP contribution in [-0.4, -0.2) is 29.3 Å². The van der Waals surface area contributed by atoms with Gasteiger partial charge in [0, 0.05) is 32.5 Å². The summed E-state index contributed by atoms with van der Waals surface area (Å²) in [6.45, 7) is 3.53. The molecule has 0 aliphatic carbocycles.